The van der Waals surface area contributed by atoms with Crippen LogP contribution in [-0.2, 0) is 10.0 Å². The second-order valence-corrected chi connectivity index (χ2v) is 8.41. The van der Waals surface area contributed by atoms with Crippen molar-refractivity contribution in [2.75, 3.05) is 4.72 Å². The Morgan fingerprint density at radius 2 is 2.00 bits per heavy atom. The molecule has 0 aliphatic rings. The highest BCUT2D eigenvalue weighted by Crippen LogP contribution is 2.27. The lowest BCUT2D eigenvalue weighted by molar-refractivity contribution is 0.603. The Hall–Kier alpha value is -0.310. The van der Waals surface area contributed by atoms with E-state index in [0.29, 0.717) is 10.0 Å². The Morgan fingerprint density at radius 3 is 2.56 bits per heavy atom. The first-order valence-corrected chi connectivity index (χ1v) is 8.68. The van der Waals surface area contributed by atoms with Crippen LogP contribution in [0.2, 0.25) is 4.34 Å². The molecule has 2 rings (SSSR count). The van der Waals surface area contributed by atoms with Crippen molar-refractivity contribution in [1.82, 2.24) is 0 Å². The van der Waals surface area contributed by atoms with Gasteiger partial charge in [0.15, 0.2) is 0 Å². The first-order chi connectivity index (χ1) is 8.38. The number of hydrogen-bond acceptors (Lipinski definition) is 3. The zero-order chi connectivity index (χ0) is 13.3. The summed E-state index contributed by atoms with van der Waals surface area (Å²) in [4.78, 5) is 0. The molecule has 0 aliphatic heterocycles. The normalized spacial score (nSPS) is 11.5. The van der Waals surface area contributed by atoms with Crippen LogP contribution >= 0.6 is 45.5 Å². The topological polar surface area (TPSA) is 46.2 Å². The molecule has 1 aromatic heterocycles. The Balaban J connectivity index is 2.30. The molecule has 0 unspecified atom stereocenters. The molecule has 0 atom stereocenters. The minimum absolute atomic E-state index is 0.212. The summed E-state index contributed by atoms with van der Waals surface area (Å²) in [7, 11) is -3.54. The van der Waals surface area contributed by atoms with Crippen LogP contribution in [0, 0.1) is 10.5 Å². The van der Waals surface area contributed by atoms with Gasteiger partial charge in [-0.2, -0.15) is 0 Å². The summed E-state index contributed by atoms with van der Waals surface area (Å²) in [5.41, 5.74) is 1.58. The summed E-state index contributed by atoms with van der Waals surface area (Å²) in [6.45, 7) is 1.93. The van der Waals surface area contributed by atoms with Crippen molar-refractivity contribution in [3.05, 3.63) is 43.8 Å². The van der Waals surface area contributed by atoms with E-state index in [-0.39, 0.29) is 4.21 Å². The van der Waals surface area contributed by atoms with Crippen molar-refractivity contribution in [3.8, 4) is 0 Å². The molecule has 7 heteroatoms. The summed E-state index contributed by atoms with van der Waals surface area (Å²) in [5.74, 6) is 0. The van der Waals surface area contributed by atoms with Crippen molar-refractivity contribution >= 4 is 61.2 Å². The van der Waals surface area contributed by atoms with Gasteiger partial charge in [0.1, 0.15) is 4.21 Å². The largest absolute Gasteiger partial charge is 0.279 e. The number of sulfonamides is 1. The number of anilines is 1. The molecule has 0 aliphatic carbocycles. The predicted molar refractivity (Wildman–Crippen MR) is 84.0 cm³/mol. The van der Waals surface area contributed by atoms with E-state index in [9.17, 15) is 8.42 Å². The van der Waals surface area contributed by atoms with Crippen LogP contribution in [0.3, 0.4) is 0 Å². The molecule has 1 aromatic carbocycles. The van der Waals surface area contributed by atoms with Crippen molar-refractivity contribution in [2.45, 2.75) is 11.1 Å². The molecule has 0 saturated carbocycles. The fraction of sp³-hybridized carbons (Fsp3) is 0.0909. The molecule has 0 fully saturated rings. The Labute approximate surface area is 128 Å². The quantitative estimate of drug-likeness (QED) is 0.770. The maximum Gasteiger partial charge on any atom is 0.271 e. The molecule has 0 amide bonds. The summed E-state index contributed by atoms with van der Waals surface area (Å²) in [5, 5.41) is 0. The Morgan fingerprint density at radius 1 is 1.28 bits per heavy atom. The number of halogens is 2. The average molecular weight is 414 g/mol. The van der Waals surface area contributed by atoms with Gasteiger partial charge in [-0.3, -0.25) is 4.72 Å². The lowest BCUT2D eigenvalue weighted by atomic mass is 10.2. The summed E-state index contributed by atoms with van der Waals surface area (Å²) < 4.78 is 28.4. The fourth-order valence-corrected chi connectivity index (χ4v) is 4.22. The monoisotopic (exact) mass is 413 g/mol. The Bertz CT molecular complexity index is 682. The van der Waals surface area contributed by atoms with Gasteiger partial charge in [-0.15, -0.1) is 11.3 Å². The van der Waals surface area contributed by atoms with Crippen LogP contribution in [-0.4, -0.2) is 8.42 Å². The van der Waals surface area contributed by atoms with Crippen molar-refractivity contribution in [2.24, 2.45) is 0 Å². The molecule has 96 valence electrons. The molecule has 1 heterocycles. The molecule has 18 heavy (non-hydrogen) atoms. The lowest BCUT2D eigenvalue weighted by Crippen LogP contribution is -2.11. The molecule has 0 bridgehead atoms. The highest BCUT2D eigenvalue weighted by Gasteiger charge is 2.16. The summed E-state index contributed by atoms with van der Waals surface area (Å²) in [6, 6.07) is 8.47. The Kier molecular flexibility index (Phi) is 4.20. The number of benzene rings is 1. The van der Waals surface area contributed by atoms with Gasteiger partial charge in [-0.05, 0) is 65.4 Å². The number of rotatable bonds is 3. The SMILES string of the molecule is Cc1cc(NS(=O)(=O)c2ccc(Cl)s2)ccc1I. The summed E-state index contributed by atoms with van der Waals surface area (Å²) >= 11 is 8.98. The van der Waals surface area contributed by atoms with Crippen LogP contribution in [0.1, 0.15) is 5.56 Å². The third kappa shape index (κ3) is 3.17. The smallest absolute Gasteiger partial charge is 0.271 e. The van der Waals surface area contributed by atoms with Crippen LogP contribution in [0.15, 0.2) is 34.5 Å². The minimum Gasteiger partial charge on any atom is -0.279 e. The fourth-order valence-electron chi connectivity index (χ4n) is 1.36. The van der Waals surface area contributed by atoms with Gasteiger partial charge < -0.3 is 0 Å². The van der Waals surface area contributed by atoms with Gasteiger partial charge in [-0.1, -0.05) is 11.6 Å². The van der Waals surface area contributed by atoms with E-state index in [0.717, 1.165) is 20.5 Å². The molecule has 1 N–H and O–H groups in total. The number of hydrogen-bond donors (Lipinski definition) is 1. The predicted octanol–water partition coefficient (Wildman–Crippen LogP) is 4.12. The molecular weight excluding hydrogens is 405 g/mol. The maximum absolute atomic E-state index is 12.0. The zero-order valence-corrected chi connectivity index (χ0v) is 13.8. The second kappa shape index (κ2) is 5.36. The summed E-state index contributed by atoms with van der Waals surface area (Å²) in [6.07, 6.45) is 0. The van der Waals surface area contributed by atoms with E-state index in [2.05, 4.69) is 27.3 Å². The van der Waals surface area contributed by atoms with E-state index >= 15 is 0 Å². The first kappa shape index (κ1) is 14.1. The van der Waals surface area contributed by atoms with Crippen LogP contribution < -0.4 is 4.72 Å². The number of thiophene rings is 1. The van der Waals surface area contributed by atoms with E-state index in [1.807, 2.05) is 13.0 Å². The van der Waals surface area contributed by atoms with Crippen LogP contribution in [0.4, 0.5) is 5.69 Å². The van der Waals surface area contributed by atoms with E-state index in [1.165, 1.54) is 6.07 Å². The maximum atomic E-state index is 12.0. The van der Waals surface area contributed by atoms with Crippen LogP contribution in [0.25, 0.3) is 0 Å². The van der Waals surface area contributed by atoms with Crippen LogP contribution in [0.5, 0.6) is 0 Å². The van der Waals surface area contributed by atoms with Gasteiger partial charge in [0.05, 0.1) is 4.34 Å². The molecule has 0 spiro atoms. The third-order valence-electron chi connectivity index (χ3n) is 2.22. The molecular formula is C11H9ClINO2S2. The van der Waals surface area contributed by atoms with E-state index < -0.39 is 10.0 Å². The highest BCUT2D eigenvalue weighted by atomic mass is 127. The first-order valence-electron chi connectivity index (χ1n) is 4.93. The van der Waals surface area contributed by atoms with E-state index in [4.69, 9.17) is 11.6 Å². The van der Waals surface area contributed by atoms with E-state index in [1.54, 1.807) is 18.2 Å². The molecule has 2 aromatic rings. The number of aryl methyl sites for hydroxylation is 1. The van der Waals surface area contributed by atoms with Gasteiger partial charge in [0.25, 0.3) is 10.0 Å². The minimum atomic E-state index is -3.54. The van der Waals surface area contributed by atoms with Gasteiger partial charge >= 0.3 is 0 Å². The zero-order valence-electron chi connectivity index (χ0n) is 9.28. The highest BCUT2D eigenvalue weighted by molar-refractivity contribution is 14.1. The molecule has 0 saturated heterocycles. The van der Waals surface area contributed by atoms with Crippen molar-refractivity contribution in [3.63, 3.8) is 0 Å². The second-order valence-electron chi connectivity index (χ2n) is 3.63. The molecule has 3 nitrogen and oxygen atoms in total. The average Bonchev–Trinajstić information content (AvgIpc) is 2.71. The standard InChI is InChI=1S/C11H9ClINO2S2/c1-7-6-8(2-3-9(7)13)14-18(15,16)11-5-4-10(12)17-11/h2-6,14H,1H3. The molecule has 0 radical (unpaired) electrons. The lowest BCUT2D eigenvalue weighted by Gasteiger charge is -2.07. The van der Waals surface area contributed by atoms with Gasteiger partial charge in [0.2, 0.25) is 0 Å². The van der Waals surface area contributed by atoms with Crippen molar-refractivity contribution in [1.29, 1.82) is 0 Å². The van der Waals surface area contributed by atoms with Gasteiger partial charge in [-0.25, -0.2) is 8.42 Å². The number of nitrogens with one attached hydrogen (secondary N) is 1. The van der Waals surface area contributed by atoms with Crippen molar-refractivity contribution < 1.29 is 8.42 Å². The third-order valence-corrected chi connectivity index (χ3v) is 6.54. The van der Waals surface area contributed by atoms with Gasteiger partial charge in [0, 0.05) is 9.26 Å².